The molecule has 0 aromatic heterocycles. The lowest BCUT2D eigenvalue weighted by Gasteiger charge is -2.20. The number of halogens is 2. The summed E-state index contributed by atoms with van der Waals surface area (Å²) in [4.78, 5) is 2.03. The van der Waals surface area contributed by atoms with E-state index in [1.807, 2.05) is 11.9 Å². The number of likely N-dealkylation sites (tertiary alicyclic amines) is 1. The molecular formula is C14H20F2N2O. The number of nitrogens with two attached hydrogens (primary N) is 1. The van der Waals surface area contributed by atoms with Crippen LogP contribution in [0.4, 0.5) is 8.78 Å². The highest BCUT2D eigenvalue weighted by molar-refractivity contribution is 5.29. The lowest BCUT2D eigenvalue weighted by Crippen LogP contribution is -2.21. The molecule has 0 aliphatic carbocycles. The second kappa shape index (κ2) is 5.94. The molecule has 1 fully saturated rings. The lowest BCUT2D eigenvalue weighted by atomic mass is 9.98. The highest BCUT2D eigenvalue weighted by Gasteiger charge is 2.32. The van der Waals surface area contributed by atoms with E-state index in [1.54, 1.807) is 0 Å². The molecule has 2 atom stereocenters. The first kappa shape index (κ1) is 14.4. The Balaban J connectivity index is 2.28. The van der Waals surface area contributed by atoms with Crippen LogP contribution < -0.4 is 5.73 Å². The fourth-order valence-electron chi connectivity index (χ4n) is 2.76. The van der Waals surface area contributed by atoms with Crippen LogP contribution in [0, 0.1) is 17.6 Å². The Morgan fingerprint density at radius 2 is 2.11 bits per heavy atom. The lowest BCUT2D eigenvalue weighted by molar-refractivity contribution is 0.181. The van der Waals surface area contributed by atoms with E-state index in [-0.39, 0.29) is 24.0 Å². The van der Waals surface area contributed by atoms with Crippen LogP contribution in [0.5, 0.6) is 0 Å². The molecule has 0 amide bonds. The van der Waals surface area contributed by atoms with Crippen molar-refractivity contribution in [2.45, 2.75) is 19.1 Å². The van der Waals surface area contributed by atoms with Gasteiger partial charge in [0.05, 0.1) is 6.61 Å². The molecule has 0 bridgehead atoms. The van der Waals surface area contributed by atoms with Crippen LogP contribution in [0.25, 0.3) is 0 Å². The molecule has 106 valence electrons. The van der Waals surface area contributed by atoms with Gasteiger partial charge in [-0.05, 0) is 38.1 Å². The predicted molar refractivity (Wildman–Crippen MR) is 69.6 cm³/mol. The van der Waals surface area contributed by atoms with Gasteiger partial charge in [0.1, 0.15) is 11.6 Å². The minimum atomic E-state index is -0.414. The zero-order chi connectivity index (χ0) is 14.0. The Morgan fingerprint density at radius 3 is 2.68 bits per heavy atom. The van der Waals surface area contributed by atoms with E-state index in [1.165, 1.54) is 19.2 Å². The number of benzene rings is 1. The molecule has 2 rings (SSSR count). The third-order valence-electron chi connectivity index (χ3n) is 3.79. The fourth-order valence-corrected chi connectivity index (χ4v) is 2.76. The molecule has 3 nitrogen and oxygen atoms in total. The molecule has 19 heavy (non-hydrogen) atoms. The van der Waals surface area contributed by atoms with Gasteiger partial charge in [0.25, 0.3) is 0 Å². The van der Waals surface area contributed by atoms with Crippen molar-refractivity contribution in [1.29, 1.82) is 0 Å². The number of hydrogen-bond acceptors (Lipinski definition) is 3. The number of hydrogen-bond donors (Lipinski definition) is 1. The van der Waals surface area contributed by atoms with E-state index in [0.29, 0.717) is 18.0 Å². The van der Waals surface area contributed by atoms with Crippen LogP contribution >= 0.6 is 0 Å². The van der Waals surface area contributed by atoms with Gasteiger partial charge in [-0.3, -0.25) is 4.90 Å². The van der Waals surface area contributed by atoms with Gasteiger partial charge in [-0.1, -0.05) is 0 Å². The number of ether oxygens (including phenoxy) is 1. The molecule has 1 aromatic rings. The first-order valence-electron chi connectivity index (χ1n) is 6.43. The van der Waals surface area contributed by atoms with E-state index < -0.39 is 5.82 Å². The molecule has 1 aliphatic heterocycles. The Morgan fingerprint density at radius 1 is 1.37 bits per heavy atom. The van der Waals surface area contributed by atoms with Crippen molar-refractivity contribution in [1.82, 2.24) is 4.90 Å². The summed E-state index contributed by atoms with van der Waals surface area (Å²) in [6.45, 7) is 1.48. The van der Waals surface area contributed by atoms with E-state index in [4.69, 9.17) is 10.5 Å². The van der Waals surface area contributed by atoms with Crippen molar-refractivity contribution in [3.05, 3.63) is 34.9 Å². The maximum absolute atomic E-state index is 14.1. The summed E-state index contributed by atoms with van der Waals surface area (Å²) in [7, 11) is 3.38. The SMILES string of the molecule is COCc1cc(F)c(C2CC(CN)CN2C)cc1F. The molecular weight excluding hydrogens is 250 g/mol. The average molecular weight is 270 g/mol. The summed E-state index contributed by atoms with van der Waals surface area (Å²) >= 11 is 0. The van der Waals surface area contributed by atoms with Gasteiger partial charge < -0.3 is 10.5 Å². The van der Waals surface area contributed by atoms with Crippen molar-refractivity contribution in [3.63, 3.8) is 0 Å². The first-order chi connectivity index (χ1) is 9.06. The van der Waals surface area contributed by atoms with Gasteiger partial charge in [0.15, 0.2) is 0 Å². The Bertz CT molecular complexity index is 453. The second-order valence-electron chi connectivity index (χ2n) is 5.19. The average Bonchev–Trinajstić information content (AvgIpc) is 2.75. The molecule has 5 heteroatoms. The topological polar surface area (TPSA) is 38.5 Å². The third-order valence-corrected chi connectivity index (χ3v) is 3.79. The summed E-state index contributed by atoms with van der Waals surface area (Å²) in [5.41, 5.74) is 6.32. The van der Waals surface area contributed by atoms with Crippen LogP contribution in [-0.4, -0.2) is 32.1 Å². The van der Waals surface area contributed by atoms with Gasteiger partial charge in [0.2, 0.25) is 0 Å². The Hall–Kier alpha value is -1.04. The summed E-state index contributed by atoms with van der Waals surface area (Å²) < 4.78 is 32.9. The quantitative estimate of drug-likeness (QED) is 0.910. The first-order valence-corrected chi connectivity index (χ1v) is 6.43. The normalized spacial score (nSPS) is 24.1. The zero-order valence-corrected chi connectivity index (χ0v) is 11.3. The summed E-state index contributed by atoms with van der Waals surface area (Å²) in [6, 6.07) is 2.43. The highest BCUT2D eigenvalue weighted by atomic mass is 19.1. The number of rotatable bonds is 4. The van der Waals surface area contributed by atoms with Crippen LogP contribution in [0.3, 0.4) is 0 Å². The molecule has 1 heterocycles. The molecule has 1 aliphatic rings. The van der Waals surface area contributed by atoms with Gasteiger partial charge in [-0.2, -0.15) is 0 Å². The molecule has 1 aromatic carbocycles. The third kappa shape index (κ3) is 2.94. The van der Waals surface area contributed by atoms with Crippen molar-refractivity contribution in [3.8, 4) is 0 Å². The number of methoxy groups -OCH3 is 1. The maximum Gasteiger partial charge on any atom is 0.129 e. The molecule has 0 saturated carbocycles. The van der Waals surface area contributed by atoms with Gasteiger partial charge >= 0.3 is 0 Å². The number of nitrogens with zero attached hydrogens (tertiary/aromatic N) is 1. The monoisotopic (exact) mass is 270 g/mol. The largest absolute Gasteiger partial charge is 0.380 e. The second-order valence-corrected chi connectivity index (χ2v) is 5.19. The van der Waals surface area contributed by atoms with Crippen LogP contribution in [-0.2, 0) is 11.3 Å². The smallest absolute Gasteiger partial charge is 0.129 e. The maximum atomic E-state index is 14.1. The molecule has 2 N–H and O–H groups in total. The fraction of sp³-hybridized carbons (Fsp3) is 0.571. The molecule has 1 saturated heterocycles. The van der Waals surface area contributed by atoms with E-state index in [0.717, 1.165) is 13.0 Å². The molecule has 0 radical (unpaired) electrons. The van der Waals surface area contributed by atoms with Crippen molar-refractivity contribution >= 4 is 0 Å². The highest BCUT2D eigenvalue weighted by Crippen LogP contribution is 2.35. The Labute approximate surface area is 112 Å². The minimum Gasteiger partial charge on any atom is -0.380 e. The molecule has 2 unspecified atom stereocenters. The molecule has 0 spiro atoms. The standard InChI is InChI=1S/C14H20F2N2O/c1-18-7-9(6-17)3-14(18)11-5-12(15)10(8-19-2)4-13(11)16/h4-5,9,14H,3,6-8,17H2,1-2H3. The summed E-state index contributed by atoms with van der Waals surface area (Å²) in [5, 5.41) is 0. The summed E-state index contributed by atoms with van der Waals surface area (Å²) in [5.74, 6) is -0.443. The van der Waals surface area contributed by atoms with Crippen LogP contribution in [0.1, 0.15) is 23.6 Å². The van der Waals surface area contributed by atoms with Crippen molar-refractivity contribution in [2.75, 3.05) is 27.2 Å². The van der Waals surface area contributed by atoms with Crippen LogP contribution in [0.2, 0.25) is 0 Å². The zero-order valence-electron chi connectivity index (χ0n) is 11.3. The van der Waals surface area contributed by atoms with Gasteiger partial charge in [-0.25, -0.2) is 8.78 Å². The Kier molecular flexibility index (Phi) is 4.50. The van der Waals surface area contributed by atoms with Gasteiger partial charge in [0, 0.05) is 30.8 Å². The summed E-state index contributed by atoms with van der Waals surface area (Å²) in [6.07, 6.45) is 0.771. The van der Waals surface area contributed by atoms with E-state index in [9.17, 15) is 8.78 Å². The van der Waals surface area contributed by atoms with Crippen molar-refractivity contribution < 1.29 is 13.5 Å². The van der Waals surface area contributed by atoms with E-state index >= 15 is 0 Å². The predicted octanol–water partition coefficient (Wildman–Crippen LogP) is 2.06. The van der Waals surface area contributed by atoms with E-state index in [2.05, 4.69) is 0 Å². The minimum absolute atomic E-state index is 0.0783. The van der Waals surface area contributed by atoms with Crippen LogP contribution in [0.15, 0.2) is 12.1 Å². The van der Waals surface area contributed by atoms with Crippen molar-refractivity contribution in [2.24, 2.45) is 11.7 Å². The van der Waals surface area contributed by atoms with Gasteiger partial charge in [-0.15, -0.1) is 0 Å².